The fourth-order valence-corrected chi connectivity index (χ4v) is 3.78. The molecule has 0 saturated heterocycles. The maximum atomic E-state index is 3.67. The molecule has 1 spiro atoms. The molecule has 3 aliphatic rings. The van der Waals surface area contributed by atoms with Gasteiger partial charge in [-0.1, -0.05) is 0 Å². The zero-order valence-corrected chi connectivity index (χ0v) is 9.77. The molecular weight excluding hydrogens is 170 g/mol. The van der Waals surface area contributed by atoms with Gasteiger partial charge in [0.05, 0.1) is 0 Å². The van der Waals surface area contributed by atoms with E-state index in [9.17, 15) is 0 Å². The van der Waals surface area contributed by atoms with Gasteiger partial charge >= 0.3 is 0 Å². The van der Waals surface area contributed by atoms with E-state index in [2.05, 4.69) is 26.1 Å². The lowest BCUT2D eigenvalue weighted by Crippen LogP contribution is -2.37. The molecule has 1 heteroatoms. The molecule has 4 unspecified atom stereocenters. The number of hydrogen-bond donors (Lipinski definition) is 1. The van der Waals surface area contributed by atoms with Crippen LogP contribution in [0.4, 0.5) is 0 Å². The van der Waals surface area contributed by atoms with E-state index in [0.29, 0.717) is 5.54 Å². The third-order valence-electron chi connectivity index (χ3n) is 4.80. The van der Waals surface area contributed by atoms with Crippen molar-refractivity contribution in [2.24, 2.45) is 23.2 Å². The van der Waals surface area contributed by atoms with Gasteiger partial charge in [-0.2, -0.15) is 0 Å². The second kappa shape index (κ2) is 2.55. The van der Waals surface area contributed by atoms with Crippen LogP contribution in [0.2, 0.25) is 0 Å². The quantitative estimate of drug-likeness (QED) is 0.711. The third kappa shape index (κ3) is 1.32. The van der Waals surface area contributed by atoms with Crippen molar-refractivity contribution in [3.05, 3.63) is 0 Å². The lowest BCUT2D eigenvalue weighted by Gasteiger charge is -2.21. The van der Waals surface area contributed by atoms with Crippen LogP contribution < -0.4 is 5.32 Å². The predicted molar refractivity (Wildman–Crippen MR) is 59.1 cm³/mol. The largest absolute Gasteiger partial charge is 0.312 e. The van der Waals surface area contributed by atoms with Gasteiger partial charge in [0.15, 0.2) is 0 Å². The summed E-state index contributed by atoms with van der Waals surface area (Å²) in [4.78, 5) is 0. The van der Waals surface area contributed by atoms with Crippen LogP contribution in [0.1, 0.15) is 46.5 Å². The summed E-state index contributed by atoms with van der Waals surface area (Å²) in [7, 11) is 0. The second-order valence-corrected chi connectivity index (χ2v) is 6.91. The Hall–Kier alpha value is -0.0400. The van der Waals surface area contributed by atoms with Gasteiger partial charge in [-0.25, -0.2) is 0 Å². The minimum absolute atomic E-state index is 0.311. The predicted octanol–water partition coefficient (Wildman–Crippen LogP) is 2.81. The molecule has 0 aromatic carbocycles. The Kier molecular flexibility index (Phi) is 1.68. The van der Waals surface area contributed by atoms with Gasteiger partial charge in [0.2, 0.25) is 0 Å². The lowest BCUT2D eigenvalue weighted by molar-refractivity contribution is 0.358. The molecule has 80 valence electrons. The van der Waals surface area contributed by atoms with Crippen molar-refractivity contribution < 1.29 is 0 Å². The van der Waals surface area contributed by atoms with E-state index in [-0.39, 0.29) is 0 Å². The van der Waals surface area contributed by atoms with E-state index in [1.165, 1.54) is 13.0 Å². The monoisotopic (exact) mass is 193 g/mol. The first-order valence-electron chi connectivity index (χ1n) is 6.26. The van der Waals surface area contributed by atoms with Crippen LogP contribution in [0.5, 0.6) is 0 Å². The Bertz CT molecular complexity index is 252. The molecule has 0 radical (unpaired) electrons. The van der Waals surface area contributed by atoms with E-state index >= 15 is 0 Å². The van der Waals surface area contributed by atoms with E-state index < -0.39 is 0 Å². The smallest absolute Gasteiger partial charge is 0.00966 e. The molecule has 0 aromatic heterocycles. The van der Waals surface area contributed by atoms with Gasteiger partial charge in [-0.15, -0.1) is 0 Å². The summed E-state index contributed by atoms with van der Waals surface area (Å²) in [6, 6.07) is 0. The molecule has 1 nitrogen and oxygen atoms in total. The van der Waals surface area contributed by atoms with Crippen LogP contribution in [-0.2, 0) is 0 Å². The molecule has 3 rings (SSSR count). The highest BCUT2D eigenvalue weighted by atomic mass is 15.0. The fourth-order valence-electron chi connectivity index (χ4n) is 3.78. The van der Waals surface area contributed by atoms with Crippen molar-refractivity contribution in [3.63, 3.8) is 0 Å². The highest BCUT2D eigenvalue weighted by Gasteiger charge is 2.68. The van der Waals surface area contributed by atoms with Crippen molar-refractivity contribution in [3.8, 4) is 0 Å². The SMILES string of the molecule is CC(C)(C)NCC1CC12CCC1CC12. The maximum Gasteiger partial charge on any atom is 0.00966 e. The summed E-state index contributed by atoms with van der Waals surface area (Å²) in [5, 5.41) is 3.67. The summed E-state index contributed by atoms with van der Waals surface area (Å²) < 4.78 is 0. The lowest BCUT2D eigenvalue weighted by atomic mass is 9.96. The van der Waals surface area contributed by atoms with Crippen LogP contribution in [0.3, 0.4) is 0 Å². The maximum absolute atomic E-state index is 3.67. The molecular formula is C13H23N. The van der Waals surface area contributed by atoms with Crippen molar-refractivity contribution >= 4 is 0 Å². The van der Waals surface area contributed by atoms with Gasteiger partial charge in [0.1, 0.15) is 0 Å². The van der Waals surface area contributed by atoms with E-state index in [1.54, 1.807) is 19.3 Å². The first kappa shape index (κ1) is 9.21. The highest BCUT2D eigenvalue weighted by Crippen LogP contribution is 2.75. The summed E-state index contributed by atoms with van der Waals surface area (Å²) in [5.41, 5.74) is 1.16. The Morgan fingerprint density at radius 3 is 2.64 bits per heavy atom. The van der Waals surface area contributed by atoms with Crippen molar-refractivity contribution in [1.29, 1.82) is 0 Å². The van der Waals surface area contributed by atoms with Crippen LogP contribution >= 0.6 is 0 Å². The van der Waals surface area contributed by atoms with E-state index in [4.69, 9.17) is 0 Å². The molecule has 0 aromatic rings. The van der Waals surface area contributed by atoms with Gasteiger partial charge in [-0.3, -0.25) is 0 Å². The van der Waals surface area contributed by atoms with Gasteiger partial charge in [-0.05, 0) is 76.2 Å². The number of nitrogens with one attached hydrogen (secondary N) is 1. The Morgan fingerprint density at radius 2 is 2.14 bits per heavy atom. The van der Waals surface area contributed by atoms with Crippen molar-refractivity contribution in [2.75, 3.05) is 6.54 Å². The molecule has 0 bridgehead atoms. The first-order valence-corrected chi connectivity index (χ1v) is 6.26. The van der Waals surface area contributed by atoms with Gasteiger partial charge in [0.25, 0.3) is 0 Å². The molecule has 1 N–H and O–H groups in total. The third-order valence-corrected chi connectivity index (χ3v) is 4.80. The molecule has 0 aliphatic heterocycles. The highest BCUT2D eigenvalue weighted by molar-refractivity contribution is 5.18. The Morgan fingerprint density at radius 1 is 1.36 bits per heavy atom. The van der Waals surface area contributed by atoms with Gasteiger partial charge < -0.3 is 5.32 Å². The topological polar surface area (TPSA) is 12.0 Å². The standard InChI is InChI=1S/C13H23N/c1-12(2,3)14-8-10-7-13(10)5-4-9-6-11(9)13/h9-11,14H,4-8H2,1-3H3. The second-order valence-electron chi connectivity index (χ2n) is 6.91. The molecule has 3 saturated carbocycles. The van der Waals surface area contributed by atoms with Crippen molar-refractivity contribution in [1.82, 2.24) is 5.32 Å². The number of rotatable bonds is 2. The average molecular weight is 193 g/mol. The van der Waals surface area contributed by atoms with Crippen molar-refractivity contribution in [2.45, 2.75) is 52.0 Å². The summed E-state index contributed by atoms with van der Waals surface area (Å²) >= 11 is 0. The molecule has 14 heavy (non-hydrogen) atoms. The zero-order valence-electron chi connectivity index (χ0n) is 9.77. The van der Waals surface area contributed by atoms with E-state index in [1.807, 2.05) is 0 Å². The summed E-state index contributed by atoms with van der Waals surface area (Å²) in [6.45, 7) is 8.09. The van der Waals surface area contributed by atoms with Crippen LogP contribution in [0.15, 0.2) is 0 Å². The van der Waals surface area contributed by atoms with E-state index in [0.717, 1.165) is 23.2 Å². The fraction of sp³-hybridized carbons (Fsp3) is 1.00. The molecule has 0 amide bonds. The van der Waals surface area contributed by atoms with Gasteiger partial charge in [0, 0.05) is 5.54 Å². The van der Waals surface area contributed by atoms with Crippen LogP contribution in [0.25, 0.3) is 0 Å². The number of fused-ring (bicyclic) bond motifs is 2. The summed E-state index contributed by atoms with van der Waals surface area (Å²) in [6.07, 6.45) is 6.22. The zero-order chi connectivity index (χ0) is 9.97. The first-order chi connectivity index (χ1) is 6.51. The number of hydrogen-bond acceptors (Lipinski definition) is 1. The molecule has 3 fully saturated rings. The summed E-state index contributed by atoms with van der Waals surface area (Å²) in [5.74, 6) is 3.35. The molecule has 3 aliphatic carbocycles. The Balaban J connectivity index is 1.53. The minimum atomic E-state index is 0.311. The average Bonchev–Trinajstić information content (AvgIpc) is 2.87. The normalized spacial score (nSPS) is 49.5. The molecule has 4 atom stereocenters. The Labute approximate surface area is 87.7 Å². The molecule has 0 heterocycles. The van der Waals surface area contributed by atoms with Crippen LogP contribution in [-0.4, -0.2) is 12.1 Å². The van der Waals surface area contributed by atoms with Crippen LogP contribution in [0, 0.1) is 23.2 Å². The minimum Gasteiger partial charge on any atom is -0.312 e.